The summed E-state index contributed by atoms with van der Waals surface area (Å²) in [5.74, 6) is 0. The summed E-state index contributed by atoms with van der Waals surface area (Å²) in [6.45, 7) is 1.38. The first-order chi connectivity index (χ1) is 13.5. The molecule has 1 N–H and O–H groups in total. The summed E-state index contributed by atoms with van der Waals surface area (Å²) in [5, 5.41) is 3.13. The van der Waals surface area contributed by atoms with E-state index in [1.165, 1.54) is 7.11 Å². The monoisotopic (exact) mass is 421 g/mol. The van der Waals surface area contributed by atoms with Gasteiger partial charge in [-0.25, -0.2) is 0 Å². The zero-order valence-electron chi connectivity index (χ0n) is 15.8. The number of ether oxygens (including phenoxy) is 2. The molecular formula is C20H21F6NO2. The van der Waals surface area contributed by atoms with E-state index < -0.39 is 30.1 Å². The van der Waals surface area contributed by atoms with Gasteiger partial charge in [0.05, 0.1) is 30.4 Å². The van der Waals surface area contributed by atoms with Crippen molar-refractivity contribution in [1.29, 1.82) is 0 Å². The first-order valence-corrected chi connectivity index (χ1v) is 8.70. The third kappa shape index (κ3) is 7.02. The summed E-state index contributed by atoms with van der Waals surface area (Å²) >= 11 is 0. The van der Waals surface area contributed by atoms with Gasteiger partial charge in [-0.2, -0.15) is 26.3 Å². The van der Waals surface area contributed by atoms with Crippen molar-refractivity contribution < 1.29 is 35.8 Å². The van der Waals surface area contributed by atoms with E-state index in [0.29, 0.717) is 12.1 Å². The molecule has 2 atom stereocenters. The van der Waals surface area contributed by atoms with Crippen LogP contribution >= 0.6 is 0 Å². The van der Waals surface area contributed by atoms with Crippen LogP contribution < -0.4 is 5.32 Å². The molecular weight excluding hydrogens is 400 g/mol. The fraction of sp³-hybridized carbons (Fsp3) is 0.400. The van der Waals surface area contributed by atoms with Crippen molar-refractivity contribution in [3.8, 4) is 0 Å². The van der Waals surface area contributed by atoms with E-state index in [2.05, 4.69) is 5.32 Å². The van der Waals surface area contributed by atoms with Crippen molar-refractivity contribution in [2.24, 2.45) is 0 Å². The number of rotatable bonds is 8. The number of nitrogens with one attached hydrogen (secondary N) is 1. The van der Waals surface area contributed by atoms with E-state index in [1.807, 2.05) is 30.3 Å². The SMILES string of the molecule is CO[C@@H](C)N[C@H](COCc1cc(C(F)(F)F)cc(C(F)(F)F)c1)c1ccccc1. The lowest BCUT2D eigenvalue weighted by Gasteiger charge is -2.23. The Morgan fingerprint density at radius 2 is 1.45 bits per heavy atom. The van der Waals surface area contributed by atoms with E-state index >= 15 is 0 Å². The van der Waals surface area contributed by atoms with E-state index in [0.717, 1.165) is 5.56 Å². The van der Waals surface area contributed by atoms with Crippen LogP contribution in [0, 0.1) is 0 Å². The molecule has 0 unspecified atom stereocenters. The third-order valence-electron chi connectivity index (χ3n) is 4.19. The molecule has 0 bridgehead atoms. The molecule has 3 nitrogen and oxygen atoms in total. The van der Waals surface area contributed by atoms with Crippen LogP contribution in [0.4, 0.5) is 26.3 Å². The van der Waals surface area contributed by atoms with Crippen molar-refractivity contribution in [1.82, 2.24) is 5.32 Å². The average Bonchev–Trinajstić information content (AvgIpc) is 2.66. The summed E-state index contributed by atoms with van der Waals surface area (Å²) in [6, 6.07) is 10.2. The smallest absolute Gasteiger partial charge is 0.375 e. The van der Waals surface area contributed by atoms with E-state index in [4.69, 9.17) is 9.47 Å². The molecule has 0 saturated carbocycles. The summed E-state index contributed by atoms with van der Waals surface area (Å²) < 4.78 is 88.4. The molecule has 0 spiro atoms. The lowest BCUT2D eigenvalue weighted by Crippen LogP contribution is -2.34. The predicted molar refractivity (Wildman–Crippen MR) is 94.9 cm³/mol. The second kappa shape index (κ2) is 9.60. The van der Waals surface area contributed by atoms with Crippen molar-refractivity contribution in [3.05, 3.63) is 70.8 Å². The van der Waals surface area contributed by atoms with Crippen molar-refractivity contribution in [3.63, 3.8) is 0 Å². The largest absolute Gasteiger partial charge is 0.416 e. The van der Waals surface area contributed by atoms with E-state index in [-0.39, 0.29) is 30.5 Å². The number of methoxy groups -OCH3 is 1. The molecule has 0 aliphatic rings. The Balaban J connectivity index is 2.16. The molecule has 0 saturated heterocycles. The number of halogens is 6. The van der Waals surface area contributed by atoms with Gasteiger partial charge in [0.25, 0.3) is 0 Å². The van der Waals surface area contributed by atoms with Crippen LogP contribution in [-0.2, 0) is 28.4 Å². The van der Waals surface area contributed by atoms with E-state index in [9.17, 15) is 26.3 Å². The number of hydrogen-bond donors (Lipinski definition) is 1. The normalized spacial score (nSPS) is 14.6. The maximum Gasteiger partial charge on any atom is 0.416 e. The average molecular weight is 421 g/mol. The quantitative estimate of drug-likeness (QED) is 0.447. The molecule has 29 heavy (non-hydrogen) atoms. The van der Waals surface area contributed by atoms with Gasteiger partial charge in [0.2, 0.25) is 0 Å². The Hall–Kier alpha value is -2.10. The van der Waals surface area contributed by atoms with Gasteiger partial charge in [0.1, 0.15) is 6.23 Å². The highest BCUT2D eigenvalue weighted by Crippen LogP contribution is 2.36. The lowest BCUT2D eigenvalue weighted by atomic mass is 10.0. The molecule has 0 fully saturated rings. The molecule has 160 valence electrons. The Morgan fingerprint density at radius 3 is 1.93 bits per heavy atom. The molecule has 2 rings (SSSR count). The van der Waals surface area contributed by atoms with Crippen LogP contribution in [-0.4, -0.2) is 19.9 Å². The van der Waals surface area contributed by atoms with Gasteiger partial charge in [-0.3, -0.25) is 5.32 Å². The molecule has 0 heterocycles. The lowest BCUT2D eigenvalue weighted by molar-refractivity contribution is -0.143. The first-order valence-electron chi connectivity index (χ1n) is 8.70. The van der Waals surface area contributed by atoms with Crippen LogP contribution in [0.15, 0.2) is 48.5 Å². The maximum atomic E-state index is 13.0. The topological polar surface area (TPSA) is 30.5 Å². The third-order valence-corrected chi connectivity index (χ3v) is 4.19. The maximum absolute atomic E-state index is 13.0. The second-order valence-electron chi connectivity index (χ2n) is 6.44. The van der Waals surface area contributed by atoms with Crippen LogP contribution in [0.25, 0.3) is 0 Å². The van der Waals surface area contributed by atoms with Gasteiger partial charge in [0, 0.05) is 7.11 Å². The van der Waals surface area contributed by atoms with Crippen LogP contribution in [0.5, 0.6) is 0 Å². The van der Waals surface area contributed by atoms with Crippen LogP contribution in [0.3, 0.4) is 0 Å². The summed E-state index contributed by atoms with van der Waals surface area (Å²) in [7, 11) is 1.50. The van der Waals surface area contributed by atoms with Gasteiger partial charge < -0.3 is 9.47 Å². The Kier molecular flexibility index (Phi) is 7.67. The Bertz CT molecular complexity index is 745. The van der Waals surface area contributed by atoms with Gasteiger partial charge in [-0.1, -0.05) is 30.3 Å². The van der Waals surface area contributed by atoms with Crippen LogP contribution in [0.2, 0.25) is 0 Å². The Morgan fingerprint density at radius 1 is 0.897 bits per heavy atom. The summed E-state index contributed by atoms with van der Waals surface area (Å²) in [4.78, 5) is 0. The van der Waals surface area contributed by atoms with Crippen LogP contribution in [0.1, 0.15) is 35.2 Å². The zero-order chi connectivity index (χ0) is 21.7. The number of alkyl halides is 6. The molecule has 9 heteroatoms. The molecule has 0 aliphatic heterocycles. The molecule has 2 aromatic carbocycles. The van der Waals surface area contributed by atoms with Gasteiger partial charge in [-0.15, -0.1) is 0 Å². The van der Waals surface area contributed by atoms with Crippen molar-refractivity contribution in [2.45, 2.75) is 38.2 Å². The minimum absolute atomic E-state index is 0.0231. The predicted octanol–water partition coefficient (Wildman–Crippen LogP) is 5.56. The fourth-order valence-electron chi connectivity index (χ4n) is 2.67. The van der Waals surface area contributed by atoms with Gasteiger partial charge in [-0.05, 0) is 36.2 Å². The number of benzene rings is 2. The minimum atomic E-state index is -4.89. The van der Waals surface area contributed by atoms with Crippen molar-refractivity contribution >= 4 is 0 Å². The van der Waals surface area contributed by atoms with E-state index in [1.54, 1.807) is 6.92 Å². The van der Waals surface area contributed by atoms with Gasteiger partial charge in [0.15, 0.2) is 0 Å². The summed E-state index contributed by atoms with van der Waals surface area (Å²) in [6.07, 6.45) is -10.1. The molecule has 0 aromatic heterocycles. The fourth-order valence-corrected chi connectivity index (χ4v) is 2.67. The molecule has 2 aromatic rings. The minimum Gasteiger partial charge on any atom is -0.375 e. The van der Waals surface area contributed by atoms with Gasteiger partial charge >= 0.3 is 12.4 Å². The second-order valence-corrected chi connectivity index (χ2v) is 6.44. The molecule has 0 amide bonds. The molecule has 0 radical (unpaired) electrons. The first kappa shape index (κ1) is 23.2. The summed E-state index contributed by atoms with van der Waals surface area (Å²) in [5.41, 5.74) is -2.09. The van der Waals surface area contributed by atoms with Crippen molar-refractivity contribution in [2.75, 3.05) is 13.7 Å². The Labute approximate surface area is 164 Å². The standard InChI is InChI=1S/C20H21F6NO2/c1-13(28-2)27-18(15-6-4-3-5-7-15)12-29-11-14-8-16(19(21,22)23)10-17(9-14)20(24,25)26/h3-10,13,18,27H,11-12H2,1-2H3/t13-,18+/m0/s1. The number of hydrogen-bond acceptors (Lipinski definition) is 3. The highest BCUT2D eigenvalue weighted by molar-refractivity contribution is 5.33. The highest BCUT2D eigenvalue weighted by Gasteiger charge is 2.36. The molecule has 0 aliphatic carbocycles. The zero-order valence-corrected chi connectivity index (χ0v) is 15.8. The highest BCUT2D eigenvalue weighted by atomic mass is 19.4.